The fraction of sp³-hybridized carbons (Fsp3) is 0.0526. The Labute approximate surface area is 242 Å². The number of para-hydroxylation sites is 4. The van der Waals surface area contributed by atoms with E-state index in [4.69, 9.17) is 4.42 Å². The average molecular weight is 538 g/mol. The van der Waals surface area contributed by atoms with Crippen LogP contribution in [0.5, 0.6) is 0 Å². The van der Waals surface area contributed by atoms with Gasteiger partial charge in [-0.25, -0.2) is 0 Å². The number of nitriles is 2. The number of nitrogens with zero attached hydrogens (tertiary/aromatic N) is 3. The van der Waals surface area contributed by atoms with Gasteiger partial charge in [-0.2, -0.15) is 10.5 Å². The van der Waals surface area contributed by atoms with Crippen LogP contribution in [-0.4, -0.2) is 4.57 Å². The van der Waals surface area contributed by atoms with E-state index in [0.29, 0.717) is 17.6 Å². The van der Waals surface area contributed by atoms with Crippen LogP contribution in [0.1, 0.15) is 29.0 Å². The maximum atomic E-state index is 10.3. The minimum atomic E-state index is -0.0624. The Balaban J connectivity index is 1.28. The Bertz CT molecular complexity index is 2310. The molecule has 0 N–H and O–H groups in total. The second-order valence-electron chi connectivity index (χ2n) is 10.7. The standard InChI is InChI=1S/C38H23N3O/c39-22-26-8-7-12-29(38(26)41-34-13-4-1-9-30(34)31-10-2-5-14-35(31)41)24-16-18-28(27(20-24)23-40)25-17-19-37-33(21-25)32-11-3-6-15-36(32)42-37/h1-17,19-21,28H,18H2. The zero-order valence-corrected chi connectivity index (χ0v) is 22.6. The van der Waals surface area contributed by atoms with Gasteiger partial charge in [-0.05, 0) is 60.0 Å². The molecule has 1 atom stereocenters. The van der Waals surface area contributed by atoms with Gasteiger partial charge >= 0.3 is 0 Å². The zero-order chi connectivity index (χ0) is 28.2. The van der Waals surface area contributed by atoms with Crippen LogP contribution < -0.4 is 0 Å². The summed E-state index contributed by atoms with van der Waals surface area (Å²) in [7, 11) is 0. The van der Waals surface area contributed by atoms with Crippen molar-refractivity contribution in [1.82, 2.24) is 4.57 Å². The highest BCUT2D eigenvalue weighted by Crippen LogP contribution is 2.41. The summed E-state index contributed by atoms with van der Waals surface area (Å²) in [5.74, 6) is -0.0624. The summed E-state index contributed by atoms with van der Waals surface area (Å²) in [6.07, 6.45) is 4.89. The second-order valence-corrected chi connectivity index (χ2v) is 10.7. The van der Waals surface area contributed by atoms with Crippen LogP contribution in [-0.2, 0) is 0 Å². The van der Waals surface area contributed by atoms with Gasteiger partial charge in [0.05, 0.1) is 28.4 Å². The molecule has 1 unspecified atom stereocenters. The summed E-state index contributed by atoms with van der Waals surface area (Å²) in [5.41, 5.74) is 8.90. The van der Waals surface area contributed by atoms with Crippen LogP contribution in [0.2, 0.25) is 0 Å². The molecular formula is C38H23N3O. The highest BCUT2D eigenvalue weighted by atomic mass is 16.3. The molecule has 4 nitrogen and oxygen atoms in total. The third-order valence-corrected chi connectivity index (χ3v) is 8.46. The number of furan rings is 1. The number of benzene rings is 5. The fourth-order valence-electron chi connectivity index (χ4n) is 6.54. The number of fused-ring (bicyclic) bond motifs is 6. The monoisotopic (exact) mass is 537 g/mol. The minimum absolute atomic E-state index is 0.0624. The first-order valence-electron chi connectivity index (χ1n) is 14.0. The summed E-state index contributed by atoms with van der Waals surface area (Å²) in [4.78, 5) is 0. The van der Waals surface area contributed by atoms with Crippen LogP contribution in [0, 0.1) is 22.7 Å². The first kappa shape index (κ1) is 24.0. The number of hydrogen-bond donors (Lipinski definition) is 0. The van der Waals surface area contributed by atoms with E-state index in [1.165, 1.54) is 0 Å². The fourth-order valence-corrected chi connectivity index (χ4v) is 6.54. The highest BCUT2D eigenvalue weighted by molar-refractivity contribution is 6.10. The van der Waals surface area contributed by atoms with Gasteiger partial charge in [0.15, 0.2) is 0 Å². The van der Waals surface area contributed by atoms with Gasteiger partial charge in [0.2, 0.25) is 0 Å². The minimum Gasteiger partial charge on any atom is -0.456 e. The number of hydrogen-bond acceptors (Lipinski definition) is 3. The Morgan fingerprint density at radius 2 is 1.36 bits per heavy atom. The van der Waals surface area contributed by atoms with Crippen molar-refractivity contribution in [2.75, 3.05) is 0 Å². The molecule has 196 valence electrons. The van der Waals surface area contributed by atoms with Crippen LogP contribution in [0.4, 0.5) is 0 Å². The number of aromatic nitrogens is 1. The molecule has 1 aliphatic rings. The van der Waals surface area contributed by atoms with Gasteiger partial charge in [-0.3, -0.25) is 0 Å². The molecule has 0 saturated carbocycles. The quantitative estimate of drug-likeness (QED) is 0.225. The van der Waals surface area contributed by atoms with E-state index < -0.39 is 0 Å². The molecule has 0 saturated heterocycles. The van der Waals surface area contributed by atoms with Gasteiger partial charge < -0.3 is 8.98 Å². The van der Waals surface area contributed by atoms with Gasteiger partial charge in [0, 0.05) is 38.6 Å². The third kappa shape index (κ3) is 3.53. The normalized spacial score (nSPS) is 15.0. The van der Waals surface area contributed by atoms with Gasteiger partial charge in [-0.15, -0.1) is 0 Å². The summed E-state index contributed by atoms with van der Waals surface area (Å²) in [6.45, 7) is 0. The molecule has 1 aliphatic carbocycles. The summed E-state index contributed by atoms with van der Waals surface area (Å²) in [5, 5.41) is 25.0. The molecule has 7 aromatic rings. The maximum absolute atomic E-state index is 10.3. The van der Waals surface area contributed by atoms with Crippen molar-refractivity contribution in [3.63, 3.8) is 0 Å². The Morgan fingerprint density at radius 1 is 0.667 bits per heavy atom. The molecule has 0 radical (unpaired) electrons. The molecule has 2 heterocycles. The van der Waals surface area contributed by atoms with Gasteiger partial charge in [-0.1, -0.05) is 78.9 Å². The lowest BCUT2D eigenvalue weighted by molar-refractivity contribution is 0.668. The summed E-state index contributed by atoms with van der Waals surface area (Å²) < 4.78 is 8.23. The van der Waals surface area contributed by atoms with E-state index in [-0.39, 0.29) is 5.92 Å². The first-order valence-corrected chi connectivity index (χ1v) is 14.0. The summed E-state index contributed by atoms with van der Waals surface area (Å²) >= 11 is 0. The third-order valence-electron chi connectivity index (χ3n) is 8.46. The molecule has 8 rings (SSSR count). The Hall–Kier alpha value is -5.84. The molecular weight excluding hydrogens is 514 g/mol. The number of rotatable bonds is 3. The highest BCUT2D eigenvalue weighted by Gasteiger charge is 2.25. The molecule has 0 fully saturated rings. The van der Waals surface area contributed by atoms with Crippen LogP contribution in [0.25, 0.3) is 55.0 Å². The maximum Gasteiger partial charge on any atom is 0.135 e. The Kier molecular flexibility index (Phi) is 5.36. The molecule has 0 bridgehead atoms. The van der Waals surface area contributed by atoms with Crippen molar-refractivity contribution in [1.29, 1.82) is 10.5 Å². The van der Waals surface area contributed by atoms with Crippen molar-refractivity contribution >= 4 is 49.3 Å². The van der Waals surface area contributed by atoms with Gasteiger partial charge in [0.1, 0.15) is 17.2 Å². The lowest BCUT2D eigenvalue weighted by Crippen LogP contribution is -2.08. The van der Waals surface area contributed by atoms with E-state index >= 15 is 0 Å². The van der Waals surface area contributed by atoms with E-state index in [1.807, 2.05) is 66.7 Å². The predicted octanol–water partition coefficient (Wildman–Crippen LogP) is 9.58. The van der Waals surface area contributed by atoms with Crippen LogP contribution in [0.3, 0.4) is 0 Å². The van der Waals surface area contributed by atoms with Gasteiger partial charge in [0.25, 0.3) is 0 Å². The van der Waals surface area contributed by atoms with Crippen molar-refractivity contribution in [2.24, 2.45) is 0 Å². The summed E-state index contributed by atoms with van der Waals surface area (Å²) in [6, 6.07) is 41.7. The molecule has 4 heteroatoms. The van der Waals surface area contributed by atoms with E-state index in [9.17, 15) is 10.5 Å². The van der Waals surface area contributed by atoms with Crippen molar-refractivity contribution in [3.8, 4) is 17.8 Å². The largest absolute Gasteiger partial charge is 0.456 e. The topological polar surface area (TPSA) is 65.7 Å². The molecule has 2 aromatic heterocycles. The smallest absolute Gasteiger partial charge is 0.135 e. The average Bonchev–Trinajstić information content (AvgIpc) is 3.59. The van der Waals surface area contributed by atoms with Crippen LogP contribution >= 0.6 is 0 Å². The Morgan fingerprint density at radius 3 is 2.10 bits per heavy atom. The SMILES string of the molecule is N#CC1=CC(c2cccc(C#N)c2-n2c3ccccc3c3ccccc32)=CCC1c1ccc2oc3ccccc3c2c1. The first-order chi connectivity index (χ1) is 20.7. The van der Waals surface area contributed by atoms with Crippen LogP contribution in [0.15, 0.2) is 131 Å². The molecule has 0 amide bonds. The van der Waals surface area contributed by atoms with E-state index in [2.05, 4.69) is 71.3 Å². The van der Waals surface area contributed by atoms with Crippen molar-refractivity contribution < 1.29 is 4.42 Å². The lowest BCUT2D eigenvalue weighted by Gasteiger charge is -2.23. The van der Waals surface area contributed by atoms with E-state index in [0.717, 1.165) is 66.1 Å². The van der Waals surface area contributed by atoms with E-state index in [1.54, 1.807) is 0 Å². The molecule has 0 aliphatic heterocycles. The lowest BCUT2D eigenvalue weighted by atomic mass is 9.81. The molecule has 5 aromatic carbocycles. The second kappa shape index (κ2) is 9.37. The number of allylic oxidation sites excluding steroid dienone is 4. The van der Waals surface area contributed by atoms with Crippen molar-refractivity contribution in [3.05, 3.63) is 144 Å². The van der Waals surface area contributed by atoms with Crippen molar-refractivity contribution in [2.45, 2.75) is 12.3 Å². The molecule has 0 spiro atoms. The molecule has 42 heavy (non-hydrogen) atoms. The zero-order valence-electron chi connectivity index (χ0n) is 22.6. The predicted molar refractivity (Wildman–Crippen MR) is 168 cm³/mol.